The molecule has 0 bridgehead atoms. The number of nitrogens with zero attached hydrogens (tertiary/aromatic N) is 3. The second kappa shape index (κ2) is 6.91. The lowest BCUT2D eigenvalue weighted by Crippen LogP contribution is -2.30. The van der Waals surface area contributed by atoms with Gasteiger partial charge in [-0.1, -0.05) is 54.5 Å². The SMILES string of the molecule is Cc1ccc(-n2ncc3c2C=C2CCC(Cc4cncc5ccccc45)C2(C)C3)cc1. The Morgan fingerprint density at radius 3 is 2.74 bits per heavy atom. The number of benzene rings is 2. The summed E-state index contributed by atoms with van der Waals surface area (Å²) >= 11 is 0. The molecular weight excluding hydrogens is 378 g/mol. The number of pyridine rings is 1. The quantitative estimate of drug-likeness (QED) is 0.399. The van der Waals surface area contributed by atoms with Crippen LogP contribution < -0.4 is 0 Å². The highest BCUT2D eigenvalue weighted by atomic mass is 15.3. The second-order valence-electron chi connectivity index (χ2n) is 9.53. The molecule has 0 saturated heterocycles. The highest BCUT2D eigenvalue weighted by molar-refractivity contribution is 5.84. The van der Waals surface area contributed by atoms with E-state index >= 15 is 0 Å². The number of aryl methyl sites for hydroxylation is 1. The summed E-state index contributed by atoms with van der Waals surface area (Å²) in [4.78, 5) is 4.53. The van der Waals surface area contributed by atoms with Gasteiger partial charge in [0, 0.05) is 17.8 Å². The fourth-order valence-corrected chi connectivity index (χ4v) is 5.76. The first-order chi connectivity index (χ1) is 15.1. The van der Waals surface area contributed by atoms with Gasteiger partial charge in [-0.25, -0.2) is 4.68 Å². The summed E-state index contributed by atoms with van der Waals surface area (Å²) in [6.07, 6.45) is 13.2. The number of rotatable bonds is 3. The van der Waals surface area contributed by atoms with Gasteiger partial charge >= 0.3 is 0 Å². The van der Waals surface area contributed by atoms with Gasteiger partial charge in [0.05, 0.1) is 17.6 Å². The van der Waals surface area contributed by atoms with Crippen LogP contribution in [-0.4, -0.2) is 14.8 Å². The monoisotopic (exact) mass is 405 g/mol. The third-order valence-electron chi connectivity index (χ3n) is 7.65. The molecule has 6 rings (SSSR count). The summed E-state index contributed by atoms with van der Waals surface area (Å²) in [5.74, 6) is 0.627. The van der Waals surface area contributed by atoms with Crippen LogP contribution >= 0.6 is 0 Å². The molecule has 2 aliphatic carbocycles. The molecule has 0 spiro atoms. The molecule has 0 amide bonds. The van der Waals surface area contributed by atoms with Crippen LogP contribution in [0.1, 0.15) is 42.1 Å². The Labute approximate surface area is 183 Å². The van der Waals surface area contributed by atoms with Crippen molar-refractivity contribution in [2.75, 3.05) is 0 Å². The third-order valence-corrected chi connectivity index (χ3v) is 7.65. The van der Waals surface area contributed by atoms with E-state index in [-0.39, 0.29) is 5.41 Å². The number of allylic oxidation sites excluding steroid dienone is 1. The summed E-state index contributed by atoms with van der Waals surface area (Å²) in [5, 5.41) is 7.36. The number of hydrogen-bond acceptors (Lipinski definition) is 2. The Morgan fingerprint density at radius 1 is 1.03 bits per heavy atom. The van der Waals surface area contributed by atoms with Crippen molar-refractivity contribution in [2.45, 2.75) is 39.5 Å². The first-order valence-corrected chi connectivity index (χ1v) is 11.3. The van der Waals surface area contributed by atoms with Crippen LogP contribution in [0.4, 0.5) is 0 Å². The summed E-state index contributed by atoms with van der Waals surface area (Å²) in [6, 6.07) is 17.3. The maximum atomic E-state index is 4.77. The lowest BCUT2D eigenvalue weighted by atomic mass is 9.68. The van der Waals surface area contributed by atoms with Crippen LogP contribution in [-0.2, 0) is 12.8 Å². The molecule has 0 N–H and O–H groups in total. The molecule has 2 heterocycles. The van der Waals surface area contributed by atoms with E-state index in [1.54, 1.807) is 5.57 Å². The number of fused-ring (bicyclic) bond motifs is 3. The largest absolute Gasteiger partial charge is 0.264 e. The Morgan fingerprint density at radius 2 is 1.87 bits per heavy atom. The Bertz CT molecular complexity index is 1310. The highest BCUT2D eigenvalue weighted by Gasteiger charge is 2.45. The van der Waals surface area contributed by atoms with Gasteiger partial charge < -0.3 is 0 Å². The molecule has 1 fully saturated rings. The van der Waals surface area contributed by atoms with Gasteiger partial charge in [-0.3, -0.25) is 4.98 Å². The van der Waals surface area contributed by atoms with E-state index in [9.17, 15) is 0 Å². The molecular formula is C28H27N3. The summed E-state index contributed by atoms with van der Waals surface area (Å²) in [5.41, 5.74) is 8.23. The van der Waals surface area contributed by atoms with Crippen molar-refractivity contribution in [3.05, 3.63) is 95.1 Å². The highest BCUT2D eigenvalue weighted by Crippen LogP contribution is 2.54. The van der Waals surface area contributed by atoms with Crippen LogP contribution in [0.25, 0.3) is 22.5 Å². The predicted molar refractivity (Wildman–Crippen MR) is 126 cm³/mol. The Hall–Kier alpha value is -3.20. The van der Waals surface area contributed by atoms with Gasteiger partial charge in [0.1, 0.15) is 0 Å². The van der Waals surface area contributed by atoms with E-state index < -0.39 is 0 Å². The van der Waals surface area contributed by atoms with E-state index in [0.29, 0.717) is 5.92 Å². The zero-order valence-corrected chi connectivity index (χ0v) is 18.2. The number of aromatic nitrogens is 3. The maximum absolute atomic E-state index is 4.77. The van der Waals surface area contributed by atoms with Gasteiger partial charge in [-0.15, -0.1) is 0 Å². The van der Waals surface area contributed by atoms with Crippen LogP contribution in [0.3, 0.4) is 0 Å². The molecule has 2 atom stereocenters. The maximum Gasteiger partial charge on any atom is 0.0700 e. The van der Waals surface area contributed by atoms with Crippen molar-refractivity contribution in [3.8, 4) is 5.69 Å². The molecule has 1 saturated carbocycles. The Kier molecular flexibility index (Phi) is 4.14. The van der Waals surface area contributed by atoms with E-state index in [0.717, 1.165) is 18.5 Å². The van der Waals surface area contributed by atoms with E-state index in [1.807, 2.05) is 6.20 Å². The Balaban J connectivity index is 1.35. The fourth-order valence-electron chi connectivity index (χ4n) is 5.76. The molecule has 31 heavy (non-hydrogen) atoms. The molecule has 0 aliphatic heterocycles. The van der Waals surface area contributed by atoms with Crippen molar-refractivity contribution < 1.29 is 0 Å². The minimum Gasteiger partial charge on any atom is -0.264 e. The summed E-state index contributed by atoms with van der Waals surface area (Å²) in [7, 11) is 0. The molecule has 4 aromatic rings. The van der Waals surface area contributed by atoms with Crippen molar-refractivity contribution in [3.63, 3.8) is 0 Å². The molecule has 154 valence electrons. The zero-order chi connectivity index (χ0) is 21.0. The molecule has 2 aromatic heterocycles. The van der Waals surface area contributed by atoms with Crippen molar-refractivity contribution in [2.24, 2.45) is 11.3 Å². The molecule has 2 unspecified atom stereocenters. The van der Waals surface area contributed by atoms with Crippen LogP contribution in [0.15, 0.2) is 72.7 Å². The summed E-state index contributed by atoms with van der Waals surface area (Å²) in [6.45, 7) is 4.60. The number of hydrogen-bond donors (Lipinski definition) is 0. The molecule has 2 aromatic carbocycles. The molecule has 3 heteroatoms. The predicted octanol–water partition coefficient (Wildman–Crippen LogP) is 6.33. The smallest absolute Gasteiger partial charge is 0.0700 e. The molecule has 0 radical (unpaired) electrons. The topological polar surface area (TPSA) is 30.7 Å². The minimum atomic E-state index is 0.199. The first-order valence-electron chi connectivity index (χ1n) is 11.3. The lowest BCUT2D eigenvalue weighted by Gasteiger charge is -2.36. The minimum absolute atomic E-state index is 0.199. The van der Waals surface area contributed by atoms with E-state index in [2.05, 4.69) is 90.5 Å². The lowest BCUT2D eigenvalue weighted by molar-refractivity contribution is 0.270. The second-order valence-corrected chi connectivity index (χ2v) is 9.53. The van der Waals surface area contributed by atoms with Crippen LogP contribution in [0, 0.1) is 18.3 Å². The zero-order valence-electron chi connectivity index (χ0n) is 18.2. The van der Waals surface area contributed by atoms with Gasteiger partial charge in [-0.05, 0) is 78.7 Å². The summed E-state index contributed by atoms with van der Waals surface area (Å²) < 4.78 is 2.11. The van der Waals surface area contributed by atoms with Crippen LogP contribution in [0.5, 0.6) is 0 Å². The average molecular weight is 406 g/mol. The average Bonchev–Trinajstić information content (AvgIpc) is 3.33. The van der Waals surface area contributed by atoms with Crippen LogP contribution in [0.2, 0.25) is 0 Å². The first kappa shape index (κ1) is 18.6. The standard InChI is InChI=1S/C28H27N3/c1-19-7-11-25(12-8-19)31-27-14-24-10-9-23(28(24,2)15-22(27)18-30-31)13-21-17-29-16-20-5-3-4-6-26(20)21/h3-8,11-12,14,16-18,23H,9-10,13,15H2,1-2H3. The molecule has 3 nitrogen and oxygen atoms in total. The third kappa shape index (κ3) is 2.95. The molecule has 2 aliphatic rings. The van der Waals surface area contributed by atoms with Gasteiger partial charge in [0.25, 0.3) is 0 Å². The van der Waals surface area contributed by atoms with Gasteiger partial charge in [-0.2, -0.15) is 5.10 Å². The van der Waals surface area contributed by atoms with E-state index in [1.165, 1.54) is 46.0 Å². The van der Waals surface area contributed by atoms with Crippen molar-refractivity contribution in [1.29, 1.82) is 0 Å². The van der Waals surface area contributed by atoms with Crippen molar-refractivity contribution in [1.82, 2.24) is 14.8 Å². The van der Waals surface area contributed by atoms with Gasteiger partial charge in [0.15, 0.2) is 0 Å². The van der Waals surface area contributed by atoms with E-state index in [4.69, 9.17) is 5.10 Å². The van der Waals surface area contributed by atoms with Gasteiger partial charge in [0.2, 0.25) is 0 Å². The van der Waals surface area contributed by atoms with Crippen molar-refractivity contribution >= 4 is 16.8 Å². The normalized spacial score (nSPS) is 22.3. The fraction of sp³-hybridized carbons (Fsp3) is 0.286.